The molecule has 2 heterocycles. The summed E-state index contributed by atoms with van der Waals surface area (Å²) in [5.41, 5.74) is 1.73. The molecule has 70 valence electrons. The highest BCUT2D eigenvalue weighted by molar-refractivity contribution is 7.07. The molecule has 0 aliphatic carbocycles. The average Bonchev–Trinajstić information content (AvgIpc) is 2.74. The van der Waals surface area contributed by atoms with Gasteiger partial charge in [-0.25, -0.2) is 9.78 Å². The van der Waals surface area contributed by atoms with E-state index < -0.39 is 5.97 Å². The van der Waals surface area contributed by atoms with E-state index in [1.165, 1.54) is 11.3 Å². The van der Waals surface area contributed by atoms with Gasteiger partial charge >= 0.3 is 5.97 Å². The highest BCUT2D eigenvalue weighted by Crippen LogP contribution is 2.24. The van der Waals surface area contributed by atoms with E-state index in [1.807, 2.05) is 10.3 Å². The normalized spacial score (nSPS) is 22.2. The maximum Gasteiger partial charge on any atom is 0.326 e. The number of thiazole rings is 1. The number of aromatic nitrogens is 1. The molecular weight excluding hydrogens is 188 g/mol. The van der Waals surface area contributed by atoms with Crippen molar-refractivity contribution in [1.29, 1.82) is 0 Å². The summed E-state index contributed by atoms with van der Waals surface area (Å²) in [6.45, 7) is 0.806. The lowest BCUT2D eigenvalue weighted by atomic mass is 10.2. The number of carbonyl (C=O) groups is 1. The van der Waals surface area contributed by atoms with Crippen LogP contribution in [0, 0.1) is 0 Å². The number of carboxylic acids is 1. The molecule has 0 saturated carbocycles. The lowest BCUT2D eigenvalue weighted by Gasteiger charge is -2.20. The molecule has 0 radical (unpaired) electrons. The fourth-order valence-electron chi connectivity index (χ4n) is 1.65. The monoisotopic (exact) mass is 198 g/mol. The van der Waals surface area contributed by atoms with Crippen LogP contribution in [-0.2, 0) is 4.79 Å². The van der Waals surface area contributed by atoms with Crippen molar-refractivity contribution >= 4 is 23.1 Å². The molecular formula is C8H10N2O2S. The summed E-state index contributed by atoms with van der Waals surface area (Å²) in [5, 5.41) is 10.8. The largest absolute Gasteiger partial charge is 0.480 e. The van der Waals surface area contributed by atoms with Crippen molar-refractivity contribution in [3.63, 3.8) is 0 Å². The molecule has 0 bridgehead atoms. The van der Waals surface area contributed by atoms with Gasteiger partial charge in [0.25, 0.3) is 0 Å². The molecule has 1 fully saturated rings. The van der Waals surface area contributed by atoms with Crippen LogP contribution in [0.4, 0.5) is 5.82 Å². The minimum atomic E-state index is -0.745. The Morgan fingerprint density at radius 1 is 1.77 bits per heavy atom. The predicted octanol–water partition coefficient (Wildman–Crippen LogP) is 1.20. The van der Waals surface area contributed by atoms with Gasteiger partial charge in [-0.1, -0.05) is 0 Å². The lowest BCUT2D eigenvalue weighted by Crippen LogP contribution is -2.35. The van der Waals surface area contributed by atoms with E-state index in [2.05, 4.69) is 4.98 Å². The third-order valence-corrected chi connectivity index (χ3v) is 2.83. The fourth-order valence-corrected chi connectivity index (χ4v) is 2.19. The van der Waals surface area contributed by atoms with E-state index in [4.69, 9.17) is 5.11 Å². The Balaban J connectivity index is 2.19. The molecule has 1 aliphatic heterocycles. The Labute approximate surface area is 79.8 Å². The van der Waals surface area contributed by atoms with Crippen molar-refractivity contribution in [2.75, 3.05) is 11.4 Å². The van der Waals surface area contributed by atoms with E-state index in [9.17, 15) is 4.79 Å². The van der Waals surface area contributed by atoms with Crippen molar-refractivity contribution in [2.24, 2.45) is 0 Å². The Bertz CT molecular complexity index is 299. The zero-order chi connectivity index (χ0) is 9.26. The van der Waals surface area contributed by atoms with Gasteiger partial charge < -0.3 is 10.0 Å². The lowest BCUT2D eigenvalue weighted by molar-refractivity contribution is -0.138. The van der Waals surface area contributed by atoms with Gasteiger partial charge in [0, 0.05) is 11.9 Å². The first kappa shape index (κ1) is 8.50. The van der Waals surface area contributed by atoms with E-state index in [-0.39, 0.29) is 6.04 Å². The molecule has 0 amide bonds. The molecule has 0 spiro atoms. The smallest absolute Gasteiger partial charge is 0.326 e. The van der Waals surface area contributed by atoms with E-state index in [1.54, 1.807) is 5.51 Å². The van der Waals surface area contributed by atoms with Crippen molar-refractivity contribution in [2.45, 2.75) is 18.9 Å². The van der Waals surface area contributed by atoms with Crippen LogP contribution in [0.3, 0.4) is 0 Å². The highest BCUT2D eigenvalue weighted by Gasteiger charge is 2.31. The number of rotatable bonds is 2. The molecule has 1 aromatic heterocycles. The fraction of sp³-hybridized carbons (Fsp3) is 0.500. The van der Waals surface area contributed by atoms with E-state index >= 15 is 0 Å². The molecule has 0 aromatic carbocycles. The first-order valence-electron chi connectivity index (χ1n) is 4.16. The van der Waals surface area contributed by atoms with Crippen LogP contribution in [0.25, 0.3) is 0 Å². The first-order valence-corrected chi connectivity index (χ1v) is 5.11. The summed E-state index contributed by atoms with van der Waals surface area (Å²) >= 11 is 1.49. The summed E-state index contributed by atoms with van der Waals surface area (Å²) in [5.74, 6) is 0.0559. The average molecular weight is 198 g/mol. The maximum atomic E-state index is 10.8. The molecule has 1 aliphatic rings. The Morgan fingerprint density at radius 2 is 2.62 bits per heavy atom. The first-order chi connectivity index (χ1) is 6.29. The van der Waals surface area contributed by atoms with Gasteiger partial charge in [0.1, 0.15) is 11.9 Å². The summed E-state index contributed by atoms with van der Waals surface area (Å²) in [4.78, 5) is 16.8. The quantitative estimate of drug-likeness (QED) is 0.775. The molecule has 2 rings (SSSR count). The topological polar surface area (TPSA) is 53.4 Å². The number of hydrogen-bond acceptors (Lipinski definition) is 4. The van der Waals surface area contributed by atoms with Crippen LogP contribution < -0.4 is 4.90 Å². The second-order valence-electron chi connectivity index (χ2n) is 3.04. The summed E-state index contributed by atoms with van der Waals surface area (Å²) in [6.07, 6.45) is 1.67. The third kappa shape index (κ3) is 1.51. The number of anilines is 1. The van der Waals surface area contributed by atoms with Gasteiger partial charge in [0.05, 0.1) is 5.51 Å². The number of aliphatic carboxylic acids is 1. The van der Waals surface area contributed by atoms with Crippen molar-refractivity contribution in [1.82, 2.24) is 4.98 Å². The van der Waals surface area contributed by atoms with E-state index in [0.29, 0.717) is 0 Å². The Morgan fingerprint density at radius 3 is 3.23 bits per heavy atom. The van der Waals surface area contributed by atoms with Crippen LogP contribution in [0.1, 0.15) is 12.8 Å². The van der Waals surface area contributed by atoms with Gasteiger partial charge in [-0.3, -0.25) is 0 Å². The summed E-state index contributed by atoms with van der Waals surface area (Å²) < 4.78 is 0. The zero-order valence-electron chi connectivity index (χ0n) is 7.01. The molecule has 1 atom stereocenters. The van der Waals surface area contributed by atoms with Gasteiger partial charge in [-0.15, -0.1) is 11.3 Å². The molecule has 1 unspecified atom stereocenters. The molecule has 4 nitrogen and oxygen atoms in total. The maximum absolute atomic E-state index is 10.8. The predicted molar refractivity (Wildman–Crippen MR) is 50.1 cm³/mol. The van der Waals surface area contributed by atoms with Crippen LogP contribution in [0.5, 0.6) is 0 Å². The molecule has 1 saturated heterocycles. The standard InChI is InChI=1S/C8H10N2O2S/c11-8(12)6-2-1-3-10(6)7-4-13-5-9-7/h4-6H,1-3H2,(H,11,12). The van der Waals surface area contributed by atoms with Crippen molar-refractivity contribution in [3.05, 3.63) is 10.9 Å². The molecule has 5 heteroatoms. The second kappa shape index (κ2) is 3.33. The van der Waals surface area contributed by atoms with E-state index in [0.717, 1.165) is 25.2 Å². The second-order valence-corrected chi connectivity index (χ2v) is 3.75. The molecule has 1 aromatic rings. The Kier molecular flexibility index (Phi) is 2.18. The highest BCUT2D eigenvalue weighted by atomic mass is 32.1. The Hall–Kier alpha value is -1.10. The van der Waals surface area contributed by atoms with Crippen LogP contribution in [0.15, 0.2) is 10.9 Å². The van der Waals surface area contributed by atoms with Gasteiger partial charge in [-0.05, 0) is 12.8 Å². The number of hydrogen-bond donors (Lipinski definition) is 1. The molecule has 1 N–H and O–H groups in total. The van der Waals surface area contributed by atoms with Gasteiger partial charge in [-0.2, -0.15) is 0 Å². The van der Waals surface area contributed by atoms with Crippen LogP contribution >= 0.6 is 11.3 Å². The number of carboxylic acid groups (broad SMARTS) is 1. The van der Waals surface area contributed by atoms with Crippen molar-refractivity contribution < 1.29 is 9.90 Å². The van der Waals surface area contributed by atoms with Gasteiger partial charge in [0.2, 0.25) is 0 Å². The SMILES string of the molecule is O=C(O)C1CCCN1c1cscn1. The minimum absolute atomic E-state index is 0.373. The van der Waals surface area contributed by atoms with Gasteiger partial charge in [0.15, 0.2) is 0 Å². The third-order valence-electron chi connectivity index (χ3n) is 2.25. The van der Waals surface area contributed by atoms with Crippen LogP contribution in [-0.4, -0.2) is 28.6 Å². The van der Waals surface area contributed by atoms with Crippen LogP contribution in [0.2, 0.25) is 0 Å². The zero-order valence-corrected chi connectivity index (χ0v) is 7.83. The summed E-state index contributed by atoms with van der Waals surface area (Å²) in [6, 6.07) is -0.373. The summed E-state index contributed by atoms with van der Waals surface area (Å²) in [7, 11) is 0. The molecule has 13 heavy (non-hydrogen) atoms. The minimum Gasteiger partial charge on any atom is -0.480 e. The number of nitrogens with zero attached hydrogens (tertiary/aromatic N) is 2. The van der Waals surface area contributed by atoms with Crippen molar-refractivity contribution in [3.8, 4) is 0 Å².